The first-order valence-corrected chi connectivity index (χ1v) is 9.21. The smallest absolute Gasteiger partial charge is 0.224 e. The average molecular weight is 414 g/mol. The number of halogens is 2. The van der Waals surface area contributed by atoms with Crippen molar-refractivity contribution in [2.75, 3.05) is 62.4 Å². The Bertz CT molecular complexity index is 685. The molecule has 2 aromatic rings. The number of rotatable bonds is 2. The van der Waals surface area contributed by atoms with E-state index in [1.807, 2.05) is 0 Å². The summed E-state index contributed by atoms with van der Waals surface area (Å²) in [5.41, 5.74) is 1.96. The predicted octanol–water partition coefficient (Wildman–Crippen LogP) is 2.72. The van der Waals surface area contributed by atoms with Gasteiger partial charge >= 0.3 is 0 Å². The maximum Gasteiger partial charge on any atom is 0.224 e. The highest BCUT2D eigenvalue weighted by molar-refractivity contribution is 9.10. The molecule has 0 aliphatic carbocycles. The summed E-state index contributed by atoms with van der Waals surface area (Å²) in [7, 11) is 0. The Morgan fingerprint density at radius 1 is 0.917 bits per heavy atom. The van der Waals surface area contributed by atoms with Gasteiger partial charge in [-0.1, -0.05) is 15.9 Å². The average Bonchev–Trinajstić information content (AvgIpc) is 2.62. The van der Waals surface area contributed by atoms with E-state index in [2.05, 4.69) is 47.8 Å². The zero-order valence-corrected chi connectivity index (χ0v) is 15.5. The van der Waals surface area contributed by atoms with Gasteiger partial charge in [-0.25, -0.2) is 4.98 Å². The number of fused-ring (bicyclic) bond motifs is 1. The van der Waals surface area contributed by atoms with Gasteiger partial charge in [0.1, 0.15) is 11.3 Å². The highest BCUT2D eigenvalue weighted by Crippen LogP contribution is 2.35. The van der Waals surface area contributed by atoms with Gasteiger partial charge in [-0.15, -0.1) is 0 Å². The van der Waals surface area contributed by atoms with Crippen molar-refractivity contribution in [3.05, 3.63) is 21.9 Å². The van der Waals surface area contributed by atoms with Crippen LogP contribution in [0.5, 0.6) is 0 Å². The van der Waals surface area contributed by atoms with Gasteiger partial charge in [0.25, 0.3) is 0 Å². The van der Waals surface area contributed by atoms with E-state index in [1.54, 1.807) is 0 Å². The number of hydrogen-bond acceptors (Lipinski definition) is 6. The lowest BCUT2D eigenvalue weighted by Gasteiger charge is -2.31. The van der Waals surface area contributed by atoms with Crippen LogP contribution in [0.15, 0.2) is 16.6 Å². The molecule has 0 saturated carbocycles. The zero-order valence-electron chi connectivity index (χ0n) is 13.2. The van der Waals surface area contributed by atoms with E-state index >= 15 is 0 Å². The van der Waals surface area contributed by atoms with E-state index in [0.717, 1.165) is 66.3 Å². The second-order valence-electron chi connectivity index (χ2n) is 5.84. The lowest BCUT2D eigenvalue weighted by Crippen LogP contribution is -2.37. The summed E-state index contributed by atoms with van der Waals surface area (Å²) in [5.74, 6) is 0.879. The molecule has 1 aromatic carbocycles. The highest BCUT2D eigenvalue weighted by atomic mass is 79.9. The summed E-state index contributed by atoms with van der Waals surface area (Å²) in [6.07, 6.45) is 0. The summed E-state index contributed by atoms with van der Waals surface area (Å²) >= 11 is 9.90. The molecule has 0 N–H and O–H groups in total. The minimum atomic E-state index is 0.279. The van der Waals surface area contributed by atoms with Gasteiger partial charge in [0.2, 0.25) is 5.28 Å². The molecular formula is C16H18BrClN4O2. The summed E-state index contributed by atoms with van der Waals surface area (Å²) in [6, 6.07) is 4.17. The summed E-state index contributed by atoms with van der Waals surface area (Å²) in [4.78, 5) is 13.6. The van der Waals surface area contributed by atoms with Crippen molar-refractivity contribution in [1.82, 2.24) is 9.97 Å². The molecule has 2 aliphatic rings. The Balaban J connectivity index is 1.86. The van der Waals surface area contributed by atoms with Crippen molar-refractivity contribution in [3.8, 4) is 0 Å². The number of ether oxygens (including phenoxy) is 2. The minimum absolute atomic E-state index is 0.279. The first-order chi connectivity index (χ1) is 11.7. The van der Waals surface area contributed by atoms with Crippen molar-refractivity contribution >= 4 is 49.9 Å². The lowest BCUT2D eigenvalue weighted by atomic mass is 10.1. The third kappa shape index (κ3) is 3.18. The maximum atomic E-state index is 6.26. The van der Waals surface area contributed by atoms with Gasteiger partial charge in [-0.2, -0.15) is 4.98 Å². The van der Waals surface area contributed by atoms with Crippen LogP contribution in [-0.2, 0) is 9.47 Å². The Morgan fingerprint density at radius 3 is 2.21 bits per heavy atom. The van der Waals surface area contributed by atoms with E-state index in [4.69, 9.17) is 21.1 Å². The molecule has 128 valence electrons. The first kappa shape index (κ1) is 16.3. The fraction of sp³-hybridized carbons (Fsp3) is 0.500. The monoisotopic (exact) mass is 412 g/mol. The number of morpholine rings is 2. The van der Waals surface area contributed by atoms with Crippen LogP contribution in [0.3, 0.4) is 0 Å². The molecule has 0 bridgehead atoms. The van der Waals surface area contributed by atoms with Gasteiger partial charge < -0.3 is 19.3 Å². The number of aromatic nitrogens is 2. The van der Waals surface area contributed by atoms with Gasteiger partial charge in [0, 0.05) is 36.0 Å². The second-order valence-corrected chi connectivity index (χ2v) is 7.09. The fourth-order valence-electron chi connectivity index (χ4n) is 3.20. The molecule has 2 fully saturated rings. The Hall–Kier alpha value is -1.15. The van der Waals surface area contributed by atoms with E-state index < -0.39 is 0 Å². The van der Waals surface area contributed by atoms with E-state index in [9.17, 15) is 0 Å². The number of nitrogens with zero attached hydrogens (tertiary/aromatic N) is 4. The molecule has 0 radical (unpaired) electrons. The number of benzene rings is 1. The Kier molecular flexibility index (Phi) is 4.76. The predicted molar refractivity (Wildman–Crippen MR) is 98.3 cm³/mol. The second kappa shape index (κ2) is 7.00. The van der Waals surface area contributed by atoms with Crippen LogP contribution in [-0.4, -0.2) is 62.6 Å². The van der Waals surface area contributed by atoms with Crippen molar-refractivity contribution in [3.63, 3.8) is 0 Å². The third-order valence-corrected chi connectivity index (χ3v) is 4.99. The molecule has 3 heterocycles. The van der Waals surface area contributed by atoms with Gasteiger partial charge in [-0.3, -0.25) is 0 Å². The van der Waals surface area contributed by atoms with E-state index in [-0.39, 0.29) is 5.28 Å². The molecule has 4 rings (SSSR count). The standard InChI is InChI=1S/C16H18BrClN4O2/c17-11-9-12-14(13(10-11)21-1-5-23-6-2-21)19-16(18)20-15(12)22-3-7-24-8-4-22/h9-10H,1-8H2. The molecule has 0 atom stereocenters. The van der Waals surface area contributed by atoms with Crippen LogP contribution < -0.4 is 9.80 Å². The zero-order chi connectivity index (χ0) is 16.5. The molecule has 24 heavy (non-hydrogen) atoms. The molecule has 2 saturated heterocycles. The third-order valence-electron chi connectivity index (χ3n) is 4.36. The highest BCUT2D eigenvalue weighted by Gasteiger charge is 2.22. The quantitative estimate of drug-likeness (QED) is 0.706. The number of hydrogen-bond donors (Lipinski definition) is 0. The molecule has 1 aromatic heterocycles. The lowest BCUT2D eigenvalue weighted by molar-refractivity contribution is 0.122. The van der Waals surface area contributed by atoms with Crippen LogP contribution in [0, 0.1) is 0 Å². The summed E-state index contributed by atoms with van der Waals surface area (Å²) < 4.78 is 11.9. The molecule has 2 aliphatic heterocycles. The Morgan fingerprint density at radius 2 is 1.54 bits per heavy atom. The molecule has 8 heteroatoms. The van der Waals surface area contributed by atoms with Crippen LogP contribution in [0.25, 0.3) is 10.9 Å². The number of anilines is 2. The van der Waals surface area contributed by atoms with Crippen molar-refractivity contribution < 1.29 is 9.47 Å². The van der Waals surface area contributed by atoms with Gasteiger partial charge in [0.05, 0.1) is 32.1 Å². The van der Waals surface area contributed by atoms with E-state index in [0.29, 0.717) is 13.2 Å². The Labute approximate surface area is 153 Å². The minimum Gasteiger partial charge on any atom is -0.378 e. The van der Waals surface area contributed by atoms with Crippen molar-refractivity contribution in [1.29, 1.82) is 0 Å². The molecule has 0 amide bonds. The largest absolute Gasteiger partial charge is 0.378 e. The topological polar surface area (TPSA) is 50.7 Å². The van der Waals surface area contributed by atoms with Crippen LogP contribution >= 0.6 is 27.5 Å². The van der Waals surface area contributed by atoms with Crippen molar-refractivity contribution in [2.24, 2.45) is 0 Å². The van der Waals surface area contributed by atoms with E-state index in [1.165, 1.54) is 0 Å². The summed E-state index contributed by atoms with van der Waals surface area (Å²) in [5, 5.41) is 1.29. The van der Waals surface area contributed by atoms with Crippen LogP contribution in [0.4, 0.5) is 11.5 Å². The SMILES string of the molecule is Clc1nc(N2CCOCC2)c2cc(Br)cc(N3CCOCC3)c2n1. The first-order valence-electron chi connectivity index (χ1n) is 8.04. The molecular weight excluding hydrogens is 396 g/mol. The van der Waals surface area contributed by atoms with Gasteiger partial charge in [0.15, 0.2) is 0 Å². The van der Waals surface area contributed by atoms with Gasteiger partial charge in [-0.05, 0) is 23.7 Å². The van der Waals surface area contributed by atoms with Crippen LogP contribution in [0.1, 0.15) is 0 Å². The molecule has 0 unspecified atom stereocenters. The van der Waals surface area contributed by atoms with Crippen LogP contribution in [0.2, 0.25) is 5.28 Å². The fourth-order valence-corrected chi connectivity index (χ4v) is 3.81. The van der Waals surface area contributed by atoms with Crippen molar-refractivity contribution in [2.45, 2.75) is 0 Å². The molecule has 6 nitrogen and oxygen atoms in total. The summed E-state index contributed by atoms with van der Waals surface area (Å²) in [6.45, 7) is 6.16. The normalized spacial score (nSPS) is 19.1. The molecule has 0 spiro atoms. The maximum absolute atomic E-state index is 6.26.